The Morgan fingerprint density at radius 2 is 1.93 bits per heavy atom. The van der Waals surface area contributed by atoms with Crippen LogP contribution in [0.25, 0.3) is 0 Å². The Morgan fingerprint density at radius 1 is 1.27 bits per heavy atom. The van der Waals surface area contributed by atoms with E-state index in [1.807, 2.05) is 0 Å². The van der Waals surface area contributed by atoms with Crippen molar-refractivity contribution in [3.63, 3.8) is 0 Å². The van der Waals surface area contributed by atoms with Crippen molar-refractivity contribution in [2.45, 2.75) is 52.5 Å². The van der Waals surface area contributed by atoms with Gasteiger partial charge in [-0.3, -0.25) is 0 Å². The lowest BCUT2D eigenvalue weighted by atomic mass is 9.80. The number of rotatable bonds is 5. The van der Waals surface area contributed by atoms with E-state index < -0.39 is 0 Å². The molecule has 90 valence electrons. The minimum absolute atomic E-state index is 0.286. The molecule has 1 rings (SSSR count). The number of nitrogens with one attached hydrogen (secondary N) is 1. The van der Waals surface area contributed by atoms with Gasteiger partial charge in [0.25, 0.3) is 0 Å². The van der Waals surface area contributed by atoms with E-state index in [1.165, 1.54) is 25.7 Å². The average Bonchev–Trinajstić information content (AvgIpc) is 2.26. The second-order valence-corrected chi connectivity index (χ2v) is 5.38. The van der Waals surface area contributed by atoms with Crippen molar-refractivity contribution in [1.82, 2.24) is 5.32 Å². The van der Waals surface area contributed by atoms with Crippen LogP contribution in [-0.2, 0) is 0 Å². The summed E-state index contributed by atoms with van der Waals surface area (Å²) in [5, 5.41) is 12.6. The van der Waals surface area contributed by atoms with Crippen LogP contribution in [0, 0.1) is 17.8 Å². The van der Waals surface area contributed by atoms with Gasteiger partial charge in [-0.15, -0.1) is 0 Å². The number of aliphatic hydroxyl groups is 1. The molecule has 1 saturated carbocycles. The summed E-state index contributed by atoms with van der Waals surface area (Å²) in [6, 6.07) is 0.434. The van der Waals surface area contributed by atoms with Crippen LogP contribution in [-0.4, -0.2) is 24.3 Å². The molecule has 15 heavy (non-hydrogen) atoms. The Morgan fingerprint density at radius 3 is 2.53 bits per heavy atom. The maximum Gasteiger partial charge on any atom is 0.0471 e. The molecule has 0 spiro atoms. The van der Waals surface area contributed by atoms with E-state index in [-0.39, 0.29) is 6.61 Å². The first-order valence-electron chi connectivity index (χ1n) is 6.49. The number of aliphatic hydroxyl groups excluding tert-OH is 1. The van der Waals surface area contributed by atoms with Crippen molar-refractivity contribution in [2.75, 3.05) is 13.2 Å². The molecular weight excluding hydrogens is 186 g/mol. The Balaban J connectivity index is 2.23. The van der Waals surface area contributed by atoms with E-state index in [1.54, 1.807) is 0 Å². The summed E-state index contributed by atoms with van der Waals surface area (Å²) >= 11 is 0. The first kappa shape index (κ1) is 13.0. The van der Waals surface area contributed by atoms with Gasteiger partial charge < -0.3 is 10.4 Å². The van der Waals surface area contributed by atoms with E-state index in [9.17, 15) is 0 Å². The summed E-state index contributed by atoms with van der Waals surface area (Å²) in [7, 11) is 0. The lowest BCUT2D eigenvalue weighted by Crippen LogP contribution is -2.39. The largest absolute Gasteiger partial charge is 0.396 e. The lowest BCUT2D eigenvalue weighted by Gasteiger charge is -2.31. The molecule has 4 unspecified atom stereocenters. The molecule has 2 N–H and O–H groups in total. The van der Waals surface area contributed by atoms with Gasteiger partial charge in [0.15, 0.2) is 0 Å². The third-order valence-corrected chi connectivity index (χ3v) is 4.13. The third-order valence-electron chi connectivity index (χ3n) is 4.13. The summed E-state index contributed by atoms with van der Waals surface area (Å²) in [6.07, 6.45) is 5.60. The first-order valence-corrected chi connectivity index (χ1v) is 6.49. The van der Waals surface area contributed by atoms with Gasteiger partial charge in [-0.25, -0.2) is 0 Å². The lowest BCUT2D eigenvalue weighted by molar-refractivity contribution is 0.190. The van der Waals surface area contributed by atoms with Crippen LogP contribution < -0.4 is 5.32 Å². The van der Waals surface area contributed by atoms with Crippen LogP contribution in [0.3, 0.4) is 0 Å². The summed E-state index contributed by atoms with van der Waals surface area (Å²) in [5.41, 5.74) is 0. The molecule has 0 heterocycles. The molecule has 1 aliphatic carbocycles. The molecule has 2 nitrogen and oxygen atoms in total. The van der Waals surface area contributed by atoms with Crippen LogP contribution in [0.5, 0.6) is 0 Å². The van der Waals surface area contributed by atoms with Crippen molar-refractivity contribution >= 4 is 0 Å². The summed E-state index contributed by atoms with van der Waals surface area (Å²) in [5.74, 6) is 2.10. The predicted molar refractivity (Wildman–Crippen MR) is 64.8 cm³/mol. The van der Waals surface area contributed by atoms with Crippen LogP contribution >= 0.6 is 0 Å². The van der Waals surface area contributed by atoms with Gasteiger partial charge in [0, 0.05) is 12.6 Å². The second kappa shape index (κ2) is 6.49. The van der Waals surface area contributed by atoms with Gasteiger partial charge in [0.05, 0.1) is 0 Å². The molecular formula is C13H27NO. The third kappa shape index (κ3) is 4.12. The van der Waals surface area contributed by atoms with Crippen molar-refractivity contribution in [3.05, 3.63) is 0 Å². The minimum atomic E-state index is 0.286. The molecule has 0 saturated heterocycles. The molecule has 0 bridgehead atoms. The topological polar surface area (TPSA) is 32.3 Å². The Labute approximate surface area is 94.5 Å². The molecule has 0 aliphatic heterocycles. The van der Waals surface area contributed by atoms with Crippen LogP contribution in [0.4, 0.5) is 0 Å². The van der Waals surface area contributed by atoms with E-state index in [4.69, 9.17) is 5.11 Å². The van der Waals surface area contributed by atoms with Gasteiger partial charge in [0.2, 0.25) is 0 Å². The molecule has 4 atom stereocenters. The highest BCUT2D eigenvalue weighted by atomic mass is 16.3. The fraction of sp³-hybridized carbons (Fsp3) is 1.00. The fourth-order valence-electron chi connectivity index (χ4n) is 2.39. The molecule has 0 aromatic heterocycles. The molecule has 1 aliphatic rings. The van der Waals surface area contributed by atoms with Gasteiger partial charge in [0.1, 0.15) is 0 Å². The highest BCUT2D eigenvalue weighted by molar-refractivity contribution is 4.76. The van der Waals surface area contributed by atoms with Crippen molar-refractivity contribution < 1.29 is 5.11 Å². The zero-order valence-corrected chi connectivity index (χ0v) is 10.5. The SMILES string of the molecule is CC1CCCCC1CNC(C)C(C)CO. The number of hydrogen-bond acceptors (Lipinski definition) is 2. The Kier molecular flexibility index (Phi) is 5.62. The van der Waals surface area contributed by atoms with Gasteiger partial charge in [-0.2, -0.15) is 0 Å². The molecule has 2 heteroatoms. The van der Waals surface area contributed by atoms with Crippen molar-refractivity contribution in [3.8, 4) is 0 Å². The van der Waals surface area contributed by atoms with E-state index in [0.717, 1.165) is 18.4 Å². The zero-order chi connectivity index (χ0) is 11.3. The highest BCUT2D eigenvalue weighted by Crippen LogP contribution is 2.29. The first-order chi connectivity index (χ1) is 7.15. The number of hydrogen-bond donors (Lipinski definition) is 2. The highest BCUT2D eigenvalue weighted by Gasteiger charge is 2.22. The van der Waals surface area contributed by atoms with Crippen LogP contribution in [0.1, 0.15) is 46.5 Å². The smallest absolute Gasteiger partial charge is 0.0471 e. The normalized spacial score (nSPS) is 31.2. The van der Waals surface area contributed by atoms with Crippen LogP contribution in [0.2, 0.25) is 0 Å². The molecule has 0 aromatic carbocycles. The molecule has 1 fully saturated rings. The predicted octanol–water partition coefficient (Wildman–Crippen LogP) is 2.42. The van der Waals surface area contributed by atoms with Gasteiger partial charge in [-0.1, -0.05) is 33.1 Å². The molecule has 0 amide bonds. The maximum absolute atomic E-state index is 9.05. The zero-order valence-electron chi connectivity index (χ0n) is 10.5. The van der Waals surface area contributed by atoms with E-state index in [2.05, 4.69) is 26.1 Å². The Bertz CT molecular complexity index is 172. The maximum atomic E-state index is 9.05. The summed E-state index contributed by atoms with van der Waals surface area (Å²) in [6.45, 7) is 8.07. The summed E-state index contributed by atoms with van der Waals surface area (Å²) in [4.78, 5) is 0. The van der Waals surface area contributed by atoms with E-state index >= 15 is 0 Å². The van der Waals surface area contributed by atoms with Crippen molar-refractivity contribution in [1.29, 1.82) is 0 Å². The minimum Gasteiger partial charge on any atom is -0.396 e. The van der Waals surface area contributed by atoms with Crippen molar-refractivity contribution in [2.24, 2.45) is 17.8 Å². The second-order valence-electron chi connectivity index (χ2n) is 5.38. The van der Waals surface area contributed by atoms with Gasteiger partial charge in [-0.05, 0) is 37.6 Å². The average molecular weight is 213 g/mol. The molecule has 0 radical (unpaired) electrons. The molecule has 0 aromatic rings. The van der Waals surface area contributed by atoms with Crippen LogP contribution in [0.15, 0.2) is 0 Å². The summed E-state index contributed by atoms with van der Waals surface area (Å²) < 4.78 is 0. The van der Waals surface area contributed by atoms with Gasteiger partial charge >= 0.3 is 0 Å². The fourth-order valence-corrected chi connectivity index (χ4v) is 2.39. The monoisotopic (exact) mass is 213 g/mol. The quantitative estimate of drug-likeness (QED) is 0.735. The standard InChI is InChI=1S/C13H27NO/c1-10-6-4-5-7-13(10)8-14-12(3)11(2)9-15/h10-15H,4-9H2,1-3H3. The Hall–Kier alpha value is -0.0800. The van der Waals surface area contributed by atoms with E-state index in [0.29, 0.717) is 12.0 Å².